The van der Waals surface area contributed by atoms with E-state index in [0.717, 1.165) is 18.2 Å². The molecule has 0 atom stereocenters. The molecule has 0 saturated heterocycles. The van der Waals surface area contributed by atoms with Gasteiger partial charge in [-0.15, -0.1) is 11.3 Å². The highest BCUT2D eigenvalue weighted by molar-refractivity contribution is 7.89. The van der Waals surface area contributed by atoms with Gasteiger partial charge >= 0.3 is 5.69 Å². The molecule has 20 heavy (non-hydrogen) atoms. The number of hydrogen-bond donors (Lipinski definition) is 1. The van der Waals surface area contributed by atoms with E-state index >= 15 is 0 Å². The van der Waals surface area contributed by atoms with Gasteiger partial charge in [0.25, 0.3) is 0 Å². The standard InChI is InChI=1S/C10H8FN3O4S2/c11-7-2-1-3-8(10(7)14(15)16)20(17,18)13-6-9-12-4-5-19-9/h1-5,13H,6H2. The molecule has 7 nitrogen and oxygen atoms in total. The zero-order valence-electron chi connectivity index (χ0n) is 9.82. The molecule has 2 rings (SSSR count). The summed E-state index contributed by atoms with van der Waals surface area (Å²) in [5.74, 6) is -1.20. The normalized spacial score (nSPS) is 11.4. The van der Waals surface area contributed by atoms with E-state index in [2.05, 4.69) is 9.71 Å². The van der Waals surface area contributed by atoms with Crippen LogP contribution in [0.15, 0.2) is 34.7 Å². The summed E-state index contributed by atoms with van der Waals surface area (Å²) in [7, 11) is -4.20. The number of thiazole rings is 1. The molecule has 0 aliphatic carbocycles. The maximum absolute atomic E-state index is 13.4. The van der Waals surface area contributed by atoms with E-state index in [4.69, 9.17) is 0 Å². The van der Waals surface area contributed by atoms with Gasteiger partial charge in [0.1, 0.15) is 5.01 Å². The van der Waals surface area contributed by atoms with E-state index < -0.39 is 31.3 Å². The molecule has 0 saturated carbocycles. The van der Waals surface area contributed by atoms with Gasteiger partial charge in [-0.05, 0) is 12.1 Å². The molecular formula is C10H8FN3O4S2. The molecule has 1 aromatic heterocycles. The Labute approximate surface area is 117 Å². The highest BCUT2D eigenvalue weighted by Gasteiger charge is 2.29. The van der Waals surface area contributed by atoms with Crippen LogP contribution < -0.4 is 4.72 Å². The zero-order chi connectivity index (χ0) is 14.8. The maximum Gasteiger partial charge on any atom is 0.324 e. The van der Waals surface area contributed by atoms with Gasteiger partial charge in [-0.25, -0.2) is 18.1 Å². The van der Waals surface area contributed by atoms with Crippen LogP contribution in [0.2, 0.25) is 0 Å². The Kier molecular flexibility index (Phi) is 4.06. The summed E-state index contributed by atoms with van der Waals surface area (Å²) < 4.78 is 39.5. The second-order valence-electron chi connectivity index (χ2n) is 3.59. The predicted octanol–water partition coefficient (Wildman–Crippen LogP) is 1.67. The molecule has 1 aromatic carbocycles. The number of nitrogens with one attached hydrogen (secondary N) is 1. The first-order valence-electron chi connectivity index (χ1n) is 5.23. The fraction of sp³-hybridized carbons (Fsp3) is 0.100. The van der Waals surface area contributed by atoms with Crippen LogP contribution in [0.3, 0.4) is 0 Å². The van der Waals surface area contributed by atoms with Crippen molar-refractivity contribution >= 4 is 27.0 Å². The molecule has 0 unspecified atom stereocenters. The minimum atomic E-state index is -4.20. The van der Waals surface area contributed by atoms with Gasteiger partial charge in [-0.1, -0.05) is 6.07 Å². The van der Waals surface area contributed by atoms with Crippen molar-refractivity contribution in [3.05, 3.63) is 50.7 Å². The van der Waals surface area contributed by atoms with Crippen molar-refractivity contribution < 1.29 is 17.7 Å². The van der Waals surface area contributed by atoms with Gasteiger partial charge in [0.2, 0.25) is 15.8 Å². The third kappa shape index (κ3) is 2.98. The molecule has 0 aliphatic heterocycles. The first kappa shape index (κ1) is 14.5. The minimum absolute atomic E-state index is 0.117. The number of rotatable bonds is 5. The Balaban J connectivity index is 2.34. The number of aromatic nitrogens is 1. The SMILES string of the molecule is O=[N+]([O-])c1c(F)cccc1S(=O)(=O)NCc1nccs1. The quantitative estimate of drug-likeness (QED) is 0.667. The molecule has 10 heteroatoms. The Morgan fingerprint density at radius 2 is 2.20 bits per heavy atom. The molecule has 1 heterocycles. The van der Waals surface area contributed by atoms with Crippen LogP contribution >= 0.6 is 11.3 Å². The highest BCUT2D eigenvalue weighted by atomic mass is 32.2. The van der Waals surface area contributed by atoms with Gasteiger partial charge in [0.15, 0.2) is 4.90 Å². The van der Waals surface area contributed by atoms with E-state index in [-0.39, 0.29) is 6.54 Å². The Bertz CT molecular complexity index is 731. The van der Waals surface area contributed by atoms with Gasteiger partial charge in [0, 0.05) is 11.6 Å². The summed E-state index contributed by atoms with van der Waals surface area (Å²) in [5, 5.41) is 12.9. The minimum Gasteiger partial charge on any atom is -0.258 e. The van der Waals surface area contributed by atoms with Crippen LogP contribution in [0, 0.1) is 15.9 Å². The van der Waals surface area contributed by atoms with E-state index in [1.807, 2.05) is 0 Å². The molecule has 2 aromatic rings. The van der Waals surface area contributed by atoms with E-state index in [1.165, 1.54) is 17.5 Å². The summed E-state index contributed by atoms with van der Waals surface area (Å²) in [6.45, 7) is -0.117. The maximum atomic E-state index is 13.4. The average molecular weight is 317 g/mol. The van der Waals surface area contributed by atoms with Crippen LogP contribution in [0.25, 0.3) is 0 Å². The average Bonchev–Trinajstić information content (AvgIpc) is 2.89. The van der Waals surface area contributed by atoms with Crippen molar-refractivity contribution in [2.45, 2.75) is 11.4 Å². The summed E-state index contributed by atoms with van der Waals surface area (Å²) in [4.78, 5) is 12.9. The number of halogens is 1. The molecule has 0 spiro atoms. The summed E-state index contributed by atoms with van der Waals surface area (Å²) in [6.07, 6.45) is 1.50. The molecule has 0 amide bonds. The van der Waals surface area contributed by atoms with Gasteiger partial charge in [-0.3, -0.25) is 10.1 Å². The van der Waals surface area contributed by atoms with Gasteiger partial charge in [0.05, 0.1) is 11.5 Å². The second-order valence-corrected chi connectivity index (χ2v) is 6.31. The third-order valence-corrected chi connectivity index (χ3v) is 4.53. The lowest BCUT2D eigenvalue weighted by molar-refractivity contribution is -0.390. The Morgan fingerprint density at radius 1 is 1.45 bits per heavy atom. The molecule has 1 N–H and O–H groups in total. The summed E-state index contributed by atoms with van der Waals surface area (Å²) in [5.41, 5.74) is -1.07. The molecular weight excluding hydrogens is 309 g/mol. The number of benzene rings is 1. The van der Waals surface area contributed by atoms with Crippen molar-refractivity contribution in [1.82, 2.24) is 9.71 Å². The lowest BCUT2D eigenvalue weighted by Crippen LogP contribution is -2.24. The lowest BCUT2D eigenvalue weighted by Gasteiger charge is -2.06. The molecule has 0 radical (unpaired) electrons. The zero-order valence-corrected chi connectivity index (χ0v) is 11.4. The van der Waals surface area contributed by atoms with E-state index in [9.17, 15) is 22.9 Å². The van der Waals surface area contributed by atoms with Crippen molar-refractivity contribution in [1.29, 1.82) is 0 Å². The second kappa shape index (κ2) is 5.61. The van der Waals surface area contributed by atoms with Crippen molar-refractivity contribution in [3.8, 4) is 0 Å². The first-order chi connectivity index (χ1) is 9.42. The first-order valence-corrected chi connectivity index (χ1v) is 7.59. The fourth-order valence-electron chi connectivity index (χ4n) is 1.46. The van der Waals surface area contributed by atoms with Crippen molar-refractivity contribution in [3.63, 3.8) is 0 Å². The van der Waals surface area contributed by atoms with Crippen molar-refractivity contribution in [2.75, 3.05) is 0 Å². The molecule has 0 bridgehead atoms. The van der Waals surface area contributed by atoms with Crippen LogP contribution in [0.5, 0.6) is 0 Å². The fourth-order valence-corrected chi connectivity index (χ4v) is 3.28. The number of nitro groups is 1. The van der Waals surface area contributed by atoms with Crippen LogP contribution in [0.1, 0.15) is 5.01 Å². The smallest absolute Gasteiger partial charge is 0.258 e. The Hall–Kier alpha value is -1.91. The van der Waals surface area contributed by atoms with Crippen LogP contribution in [-0.4, -0.2) is 18.3 Å². The lowest BCUT2D eigenvalue weighted by atomic mass is 10.3. The largest absolute Gasteiger partial charge is 0.324 e. The Morgan fingerprint density at radius 3 is 2.80 bits per heavy atom. The van der Waals surface area contributed by atoms with Crippen LogP contribution in [-0.2, 0) is 16.6 Å². The number of hydrogen-bond acceptors (Lipinski definition) is 6. The molecule has 106 valence electrons. The predicted molar refractivity (Wildman–Crippen MR) is 69.2 cm³/mol. The van der Waals surface area contributed by atoms with Crippen molar-refractivity contribution in [2.24, 2.45) is 0 Å². The van der Waals surface area contributed by atoms with Crippen LogP contribution in [0.4, 0.5) is 10.1 Å². The monoisotopic (exact) mass is 317 g/mol. The number of nitrogens with zero attached hydrogens (tertiary/aromatic N) is 2. The summed E-state index contributed by atoms with van der Waals surface area (Å²) >= 11 is 1.23. The van der Waals surface area contributed by atoms with E-state index in [1.54, 1.807) is 5.38 Å². The number of nitro benzene ring substituents is 1. The molecule has 0 fully saturated rings. The molecule has 0 aliphatic rings. The number of para-hydroxylation sites is 1. The highest BCUT2D eigenvalue weighted by Crippen LogP contribution is 2.26. The third-order valence-electron chi connectivity index (χ3n) is 2.32. The summed E-state index contributed by atoms with van der Waals surface area (Å²) in [6, 6.07) is 2.91. The van der Waals surface area contributed by atoms with Gasteiger partial charge < -0.3 is 0 Å². The number of sulfonamides is 1. The van der Waals surface area contributed by atoms with Gasteiger partial charge in [-0.2, -0.15) is 4.39 Å². The van der Waals surface area contributed by atoms with E-state index in [0.29, 0.717) is 5.01 Å². The topological polar surface area (TPSA) is 102 Å².